The number of sulfone groups is 1. The first-order chi connectivity index (χ1) is 11.5. The normalized spacial score (nSPS) is 12.7. The molecule has 3 aromatic rings. The number of hydrogen-bond acceptors (Lipinski definition) is 5. The summed E-state index contributed by atoms with van der Waals surface area (Å²) in [5.74, 6) is -0.371. The molecule has 122 valence electrons. The van der Waals surface area contributed by atoms with Crippen molar-refractivity contribution in [2.45, 2.75) is 5.25 Å². The van der Waals surface area contributed by atoms with E-state index < -0.39 is 15.1 Å². The molecule has 3 rings (SSSR count). The summed E-state index contributed by atoms with van der Waals surface area (Å²) in [4.78, 5) is 12.7. The van der Waals surface area contributed by atoms with Crippen LogP contribution in [-0.2, 0) is 9.84 Å². The molecule has 6 heteroatoms. The van der Waals surface area contributed by atoms with E-state index in [1.54, 1.807) is 60.7 Å². The number of carbonyl (C=O) groups excluding carboxylic acids is 1. The van der Waals surface area contributed by atoms with Crippen LogP contribution in [0, 0.1) is 0 Å². The Labute approximate surface area is 139 Å². The van der Waals surface area contributed by atoms with Crippen molar-refractivity contribution in [1.82, 2.24) is 5.16 Å². The van der Waals surface area contributed by atoms with Gasteiger partial charge in [0, 0.05) is 17.4 Å². The molecule has 0 aliphatic rings. The summed E-state index contributed by atoms with van der Waals surface area (Å²) in [5, 5.41) is 2.76. The summed E-state index contributed by atoms with van der Waals surface area (Å²) >= 11 is 0. The Morgan fingerprint density at radius 3 is 2.17 bits per heavy atom. The van der Waals surface area contributed by atoms with Crippen LogP contribution in [0.1, 0.15) is 32.4 Å². The van der Waals surface area contributed by atoms with Crippen LogP contribution >= 0.6 is 0 Å². The van der Waals surface area contributed by atoms with Crippen molar-refractivity contribution in [2.75, 3.05) is 6.26 Å². The van der Waals surface area contributed by atoms with E-state index in [0.717, 1.165) is 6.26 Å². The van der Waals surface area contributed by atoms with Crippen molar-refractivity contribution in [1.29, 1.82) is 0 Å². The third kappa shape index (κ3) is 3.14. The van der Waals surface area contributed by atoms with Gasteiger partial charge >= 0.3 is 0 Å². The molecule has 2 aromatic carbocycles. The molecule has 1 aromatic heterocycles. The van der Waals surface area contributed by atoms with Crippen LogP contribution in [-0.4, -0.2) is 25.6 Å². The largest absolute Gasteiger partial charge is 0.364 e. The molecule has 0 aliphatic carbocycles. The fourth-order valence-corrected chi connectivity index (χ4v) is 3.89. The van der Waals surface area contributed by atoms with Crippen molar-refractivity contribution in [3.8, 4) is 0 Å². The van der Waals surface area contributed by atoms with Gasteiger partial charge in [-0.1, -0.05) is 65.8 Å². The number of benzene rings is 2. The van der Waals surface area contributed by atoms with Gasteiger partial charge < -0.3 is 4.52 Å². The number of nitrogens with zero attached hydrogens (tertiary/aromatic N) is 1. The van der Waals surface area contributed by atoms with E-state index in [9.17, 15) is 13.2 Å². The van der Waals surface area contributed by atoms with Gasteiger partial charge in [0.25, 0.3) is 0 Å². The molecule has 0 saturated carbocycles. The minimum Gasteiger partial charge on any atom is -0.364 e. The number of ketones is 1. The SMILES string of the molecule is CS(=O)(=O)C(c1ccccc1)c1conc1C(=O)c1ccccc1. The zero-order valence-electron chi connectivity index (χ0n) is 12.9. The number of rotatable bonds is 5. The van der Waals surface area contributed by atoms with Crippen molar-refractivity contribution in [3.63, 3.8) is 0 Å². The second-order valence-corrected chi connectivity index (χ2v) is 7.56. The van der Waals surface area contributed by atoms with Crippen molar-refractivity contribution in [3.05, 3.63) is 89.3 Å². The molecular formula is C18H15NO4S. The molecule has 0 spiro atoms. The maximum absolute atomic E-state index is 12.7. The Bertz CT molecular complexity index is 947. The minimum atomic E-state index is -3.53. The van der Waals surface area contributed by atoms with Gasteiger partial charge in [0.1, 0.15) is 11.5 Å². The van der Waals surface area contributed by atoms with E-state index in [1.807, 2.05) is 0 Å². The van der Waals surface area contributed by atoms with Gasteiger partial charge in [-0.15, -0.1) is 0 Å². The van der Waals surface area contributed by atoms with Crippen molar-refractivity contribution in [2.24, 2.45) is 0 Å². The standard InChI is InChI=1S/C18H15NO4S/c1-24(21,22)18(14-10-6-3-7-11-14)15-12-23-19-16(15)17(20)13-8-4-2-5-9-13/h2-12,18H,1H3. The first-order valence-electron chi connectivity index (χ1n) is 7.26. The fourth-order valence-electron chi connectivity index (χ4n) is 2.61. The first-order valence-corrected chi connectivity index (χ1v) is 9.22. The highest BCUT2D eigenvalue weighted by Gasteiger charge is 2.32. The molecule has 1 heterocycles. The zero-order valence-corrected chi connectivity index (χ0v) is 13.7. The van der Waals surface area contributed by atoms with Crippen LogP contribution in [0.2, 0.25) is 0 Å². The molecule has 1 unspecified atom stereocenters. The van der Waals surface area contributed by atoms with Gasteiger partial charge in [0.2, 0.25) is 5.78 Å². The van der Waals surface area contributed by atoms with Crippen LogP contribution in [0.4, 0.5) is 0 Å². The highest BCUT2D eigenvalue weighted by molar-refractivity contribution is 7.91. The molecule has 24 heavy (non-hydrogen) atoms. The van der Waals surface area contributed by atoms with Gasteiger partial charge in [-0.2, -0.15) is 0 Å². The van der Waals surface area contributed by atoms with E-state index in [0.29, 0.717) is 11.1 Å². The maximum Gasteiger partial charge on any atom is 0.215 e. The Balaban J connectivity index is 2.12. The van der Waals surface area contributed by atoms with Gasteiger partial charge in [-0.25, -0.2) is 8.42 Å². The van der Waals surface area contributed by atoms with Crippen LogP contribution < -0.4 is 0 Å². The molecular weight excluding hydrogens is 326 g/mol. The Kier molecular flexibility index (Phi) is 4.31. The average Bonchev–Trinajstić information content (AvgIpc) is 3.04. The van der Waals surface area contributed by atoms with Crippen molar-refractivity contribution < 1.29 is 17.7 Å². The lowest BCUT2D eigenvalue weighted by Gasteiger charge is -2.14. The van der Waals surface area contributed by atoms with E-state index in [2.05, 4.69) is 5.16 Å². The topological polar surface area (TPSA) is 77.2 Å². The molecule has 1 atom stereocenters. The summed E-state index contributed by atoms with van der Waals surface area (Å²) in [5.41, 5.74) is 1.25. The summed E-state index contributed by atoms with van der Waals surface area (Å²) in [6.07, 6.45) is 2.36. The summed E-state index contributed by atoms with van der Waals surface area (Å²) in [7, 11) is -3.53. The van der Waals surface area contributed by atoms with Gasteiger partial charge in [0.15, 0.2) is 15.5 Å². The van der Waals surface area contributed by atoms with Crippen LogP contribution in [0.5, 0.6) is 0 Å². The molecule has 0 N–H and O–H groups in total. The quantitative estimate of drug-likeness (QED) is 0.667. The Morgan fingerprint density at radius 1 is 1.00 bits per heavy atom. The maximum atomic E-state index is 12.7. The summed E-state index contributed by atoms with van der Waals surface area (Å²) in [6, 6.07) is 17.3. The van der Waals surface area contributed by atoms with Crippen LogP contribution in [0.3, 0.4) is 0 Å². The Hall–Kier alpha value is -2.73. The van der Waals surface area contributed by atoms with Gasteiger partial charge in [-0.05, 0) is 5.56 Å². The molecule has 0 aliphatic heterocycles. The van der Waals surface area contributed by atoms with E-state index in [-0.39, 0.29) is 17.0 Å². The molecule has 0 radical (unpaired) electrons. The van der Waals surface area contributed by atoms with Crippen LogP contribution in [0.25, 0.3) is 0 Å². The molecule has 5 nitrogen and oxygen atoms in total. The molecule has 0 fully saturated rings. The van der Waals surface area contributed by atoms with Crippen molar-refractivity contribution >= 4 is 15.6 Å². The first kappa shape index (κ1) is 16.1. The van der Waals surface area contributed by atoms with Gasteiger partial charge in [-0.3, -0.25) is 4.79 Å². The third-order valence-electron chi connectivity index (χ3n) is 3.66. The smallest absolute Gasteiger partial charge is 0.215 e. The van der Waals surface area contributed by atoms with Gasteiger partial charge in [0.05, 0.1) is 0 Å². The lowest BCUT2D eigenvalue weighted by molar-refractivity contribution is 0.103. The third-order valence-corrected chi connectivity index (χ3v) is 5.04. The van der Waals surface area contributed by atoms with E-state index >= 15 is 0 Å². The number of carbonyl (C=O) groups is 1. The number of hydrogen-bond donors (Lipinski definition) is 0. The highest BCUT2D eigenvalue weighted by atomic mass is 32.2. The fraction of sp³-hybridized carbons (Fsp3) is 0.111. The predicted octanol–water partition coefficient (Wildman–Crippen LogP) is 3.04. The highest BCUT2D eigenvalue weighted by Crippen LogP contribution is 2.32. The lowest BCUT2D eigenvalue weighted by Crippen LogP contribution is -2.16. The minimum absolute atomic E-state index is 0.0143. The second-order valence-electron chi connectivity index (χ2n) is 5.43. The predicted molar refractivity (Wildman–Crippen MR) is 89.5 cm³/mol. The number of aromatic nitrogens is 1. The average molecular weight is 341 g/mol. The monoisotopic (exact) mass is 341 g/mol. The lowest BCUT2D eigenvalue weighted by atomic mass is 10.0. The molecule has 0 amide bonds. The zero-order chi connectivity index (χ0) is 17.2. The van der Waals surface area contributed by atoms with Crippen LogP contribution in [0.15, 0.2) is 71.4 Å². The Morgan fingerprint density at radius 2 is 1.58 bits per heavy atom. The molecule has 0 saturated heterocycles. The van der Waals surface area contributed by atoms with E-state index in [4.69, 9.17) is 4.52 Å². The van der Waals surface area contributed by atoms with E-state index in [1.165, 1.54) is 6.26 Å². The molecule has 0 bridgehead atoms. The summed E-state index contributed by atoms with van der Waals surface area (Å²) in [6.45, 7) is 0. The summed E-state index contributed by atoms with van der Waals surface area (Å²) < 4.78 is 29.7. The second kappa shape index (κ2) is 6.41.